The van der Waals surface area contributed by atoms with E-state index in [9.17, 15) is 22.8 Å². The van der Waals surface area contributed by atoms with Gasteiger partial charge in [-0.2, -0.15) is 13.2 Å². The summed E-state index contributed by atoms with van der Waals surface area (Å²) < 4.78 is 69.4. The number of halogens is 4. The SMILES string of the molecule is CN1CCN(c2cc(F)c(C3=CCN(C(=O)OC(C)(C)C)CC3)cc2NC(=O)c2cnc(OCCS(C)(C)C)cc2C(F)(F)F)CC1. The van der Waals surface area contributed by atoms with Crippen molar-refractivity contribution in [2.75, 3.05) is 87.7 Å². The lowest BCUT2D eigenvalue weighted by atomic mass is 9.97. The van der Waals surface area contributed by atoms with Crippen LogP contribution in [-0.2, 0) is 10.9 Å². The smallest absolute Gasteiger partial charge is 0.417 e. The molecule has 1 saturated heterocycles. The molecule has 1 fully saturated rings. The van der Waals surface area contributed by atoms with Gasteiger partial charge in [0, 0.05) is 62.8 Å². The Morgan fingerprint density at radius 2 is 1.70 bits per heavy atom. The molecule has 2 aliphatic heterocycles. The Balaban J connectivity index is 1.65. The van der Waals surface area contributed by atoms with Gasteiger partial charge in [-0.05, 0) is 70.7 Å². The van der Waals surface area contributed by atoms with Crippen LogP contribution < -0.4 is 15.0 Å². The van der Waals surface area contributed by atoms with Crippen molar-refractivity contribution < 1.29 is 36.6 Å². The van der Waals surface area contributed by atoms with Crippen LogP contribution >= 0.6 is 10.0 Å². The Morgan fingerprint density at radius 3 is 2.28 bits per heavy atom. The highest BCUT2D eigenvalue weighted by Crippen LogP contribution is 2.38. The highest BCUT2D eigenvalue weighted by Gasteiger charge is 2.37. The van der Waals surface area contributed by atoms with E-state index in [0.29, 0.717) is 49.6 Å². The summed E-state index contributed by atoms with van der Waals surface area (Å²) in [6.07, 6.45) is 3.77. The van der Waals surface area contributed by atoms with Gasteiger partial charge in [-0.15, -0.1) is 0 Å². The first-order valence-electron chi connectivity index (χ1n) is 15.4. The molecule has 2 amide bonds. The standard InChI is InChI=1S/C33H45F4N5O4S/c1-32(2,3)46-31(44)42-10-8-22(9-11-42)23-18-27(28(20-26(23)34)41-14-12-40(4)13-15-41)39-30(43)24-21-38-29(19-25(24)33(35,36)37)45-16-17-47(5,6)7/h8,18-21H,9-17H2,1-7H3,(H,39,43). The normalized spacial score (nSPS) is 16.9. The van der Waals surface area contributed by atoms with Crippen molar-refractivity contribution >= 4 is 39.0 Å². The molecule has 0 aliphatic carbocycles. The van der Waals surface area contributed by atoms with Crippen molar-refractivity contribution in [1.29, 1.82) is 0 Å². The topological polar surface area (TPSA) is 87.2 Å². The number of nitrogens with one attached hydrogen (secondary N) is 1. The van der Waals surface area contributed by atoms with Gasteiger partial charge in [0.05, 0.1) is 29.1 Å². The van der Waals surface area contributed by atoms with Crippen LogP contribution in [0, 0.1) is 5.82 Å². The van der Waals surface area contributed by atoms with E-state index in [1.807, 2.05) is 11.9 Å². The molecule has 2 aromatic rings. The third-order valence-electron chi connectivity index (χ3n) is 7.76. The van der Waals surface area contributed by atoms with Crippen LogP contribution in [0.15, 0.2) is 30.5 Å². The second-order valence-electron chi connectivity index (χ2n) is 13.7. The van der Waals surface area contributed by atoms with Gasteiger partial charge in [0.2, 0.25) is 5.88 Å². The zero-order valence-electron chi connectivity index (χ0n) is 28.1. The number of carbonyl (C=O) groups is 2. The molecular formula is C33H45F4N5O4S. The summed E-state index contributed by atoms with van der Waals surface area (Å²) in [5, 5.41) is 2.64. The molecule has 0 bridgehead atoms. The zero-order chi connectivity index (χ0) is 34.7. The fourth-order valence-electron chi connectivity index (χ4n) is 5.14. The lowest BCUT2D eigenvalue weighted by Crippen LogP contribution is -2.44. The molecular weight excluding hydrogens is 638 g/mol. The van der Waals surface area contributed by atoms with Gasteiger partial charge < -0.3 is 29.5 Å². The Morgan fingerprint density at radius 1 is 1.02 bits per heavy atom. The largest absolute Gasteiger partial charge is 0.477 e. The first-order valence-corrected chi connectivity index (χ1v) is 18.5. The van der Waals surface area contributed by atoms with Gasteiger partial charge in [-0.1, -0.05) is 6.08 Å². The van der Waals surface area contributed by atoms with Gasteiger partial charge in [0.1, 0.15) is 11.4 Å². The van der Waals surface area contributed by atoms with Gasteiger partial charge >= 0.3 is 12.3 Å². The van der Waals surface area contributed by atoms with E-state index < -0.39 is 50.7 Å². The van der Waals surface area contributed by atoms with Gasteiger partial charge in [0.25, 0.3) is 5.91 Å². The maximum atomic E-state index is 15.8. The summed E-state index contributed by atoms with van der Waals surface area (Å²) in [5.74, 6) is -1.11. The van der Waals surface area contributed by atoms with E-state index in [4.69, 9.17) is 9.47 Å². The average Bonchev–Trinajstić information content (AvgIpc) is 2.96. The van der Waals surface area contributed by atoms with E-state index in [-0.39, 0.29) is 36.8 Å². The van der Waals surface area contributed by atoms with Crippen LogP contribution in [0.4, 0.5) is 33.7 Å². The predicted molar refractivity (Wildman–Crippen MR) is 179 cm³/mol. The lowest BCUT2D eigenvalue weighted by molar-refractivity contribution is -0.138. The number of amides is 2. The maximum absolute atomic E-state index is 15.8. The third-order valence-corrected chi connectivity index (χ3v) is 9.15. The summed E-state index contributed by atoms with van der Waals surface area (Å²) in [5.41, 5.74) is -1.17. The van der Waals surface area contributed by atoms with Crippen molar-refractivity contribution in [3.05, 3.63) is 53.0 Å². The summed E-state index contributed by atoms with van der Waals surface area (Å²) in [6.45, 7) is 8.42. The highest BCUT2D eigenvalue weighted by atomic mass is 32.3. The minimum absolute atomic E-state index is 0.174. The molecule has 1 N–H and O–H groups in total. The molecule has 0 saturated carbocycles. The van der Waals surface area contributed by atoms with Crippen molar-refractivity contribution in [2.24, 2.45) is 0 Å². The second-order valence-corrected chi connectivity index (χ2v) is 18.3. The molecule has 14 heteroatoms. The van der Waals surface area contributed by atoms with Crippen LogP contribution in [0.1, 0.15) is 48.7 Å². The number of carbonyl (C=O) groups excluding carboxylic acids is 2. The summed E-state index contributed by atoms with van der Waals surface area (Å²) in [4.78, 5) is 35.6. The quantitative estimate of drug-likeness (QED) is 0.325. The van der Waals surface area contributed by atoms with Crippen molar-refractivity contribution in [2.45, 2.75) is 39.0 Å². The number of ether oxygens (including phenoxy) is 2. The van der Waals surface area contributed by atoms with Crippen LogP contribution in [0.2, 0.25) is 0 Å². The Labute approximate surface area is 275 Å². The maximum Gasteiger partial charge on any atom is 0.417 e. The van der Waals surface area contributed by atoms with E-state index in [0.717, 1.165) is 12.3 Å². The molecule has 47 heavy (non-hydrogen) atoms. The summed E-state index contributed by atoms with van der Waals surface area (Å²) >= 11 is 0. The number of alkyl halides is 3. The minimum atomic E-state index is -4.86. The van der Waals surface area contributed by atoms with E-state index in [1.165, 1.54) is 17.0 Å². The van der Waals surface area contributed by atoms with E-state index >= 15 is 4.39 Å². The number of aromatic nitrogens is 1. The number of pyridine rings is 1. The van der Waals surface area contributed by atoms with Crippen LogP contribution in [0.3, 0.4) is 0 Å². The fraction of sp³-hybridized carbons (Fsp3) is 0.545. The number of piperazine rings is 1. The monoisotopic (exact) mass is 683 g/mol. The minimum Gasteiger partial charge on any atom is -0.477 e. The summed E-state index contributed by atoms with van der Waals surface area (Å²) in [7, 11) is 1.03. The van der Waals surface area contributed by atoms with E-state index in [2.05, 4.69) is 34.0 Å². The molecule has 0 atom stereocenters. The zero-order valence-corrected chi connectivity index (χ0v) is 28.9. The summed E-state index contributed by atoms with van der Waals surface area (Å²) in [6, 6.07) is 3.52. The van der Waals surface area contributed by atoms with Gasteiger partial charge in [0.15, 0.2) is 0 Å². The first-order chi connectivity index (χ1) is 21.8. The average molecular weight is 684 g/mol. The van der Waals surface area contributed by atoms with Crippen molar-refractivity contribution in [1.82, 2.24) is 14.8 Å². The molecule has 9 nitrogen and oxygen atoms in total. The molecule has 1 aromatic heterocycles. The molecule has 1 aromatic carbocycles. The molecule has 0 unspecified atom stereocenters. The Bertz CT molecular complexity index is 1500. The molecule has 0 radical (unpaired) electrons. The van der Waals surface area contributed by atoms with Crippen LogP contribution in [-0.4, -0.2) is 110 Å². The number of anilines is 2. The molecule has 4 rings (SSSR count). The van der Waals surface area contributed by atoms with Crippen LogP contribution in [0.5, 0.6) is 5.88 Å². The highest BCUT2D eigenvalue weighted by molar-refractivity contribution is 8.32. The van der Waals surface area contributed by atoms with Gasteiger partial charge in [-0.25, -0.2) is 24.2 Å². The predicted octanol–water partition coefficient (Wildman–Crippen LogP) is 6.34. The fourth-order valence-corrected chi connectivity index (χ4v) is 5.72. The number of benzene rings is 1. The Hall–Kier alpha value is -3.52. The molecule has 2 aliphatic rings. The van der Waals surface area contributed by atoms with Crippen molar-refractivity contribution in [3.63, 3.8) is 0 Å². The van der Waals surface area contributed by atoms with E-state index in [1.54, 1.807) is 26.8 Å². The molecule has 3 heterocycles. The Kier molecular flexibility index (Phi) is 11.1. The van der Waals surface area contributed by atoms with Crippen molar-refractivity contribution in [3.8, 4) is 5.88 Å². The molecule has 0 spiro atoms. The number of nitrogens with zero attached hydrogens (tertiary/aromatic N) is 4. The number of hydrogen-bond acceptors (Lipinski definition) is 7. The second kappa shape index (κ2) is 14.3. The number of hydrogen-bond donors (Lipinski definition) is 1. The van der Waals surface area contributed by atoms with Gasteiger partial charge in [-0.3, -0.25) is 4.79 Å². The number of rotatable bonds is 8. The third kappa shape index (κ3) is 9.99. The number of likely N-dealkylation sites (N-methyl/N-ethyl adjacent to an activating group) is 1. The first kappa shape index (κ1) is 36.3. The lowest BCUT2D eigenvalue weighted by Gasteiger charge is -2.35. The molecule has 260 valence electrons. The van der Waals surface area contributed by atoms with Crippen LogP contribution in [0.25, 0.3) is 5.57 Å².